The summed E-state index contributed by atoms with van der Waals surface area (Å²) >= 11 is 0. The van der Waals surface area contributed by atoms with Crippen LogP contribution in [-0.4, -0.2) is 23.9 Å². The second kappa shape index (κ2) is 6.96. The van der Waals surface area contributed by atoms with Crippen LogP contribution in [0.3, 0.4) is 0 Å². The van der Waals surface area contributed by atoms with Gasteiger partial charge in [-0.2, -0.15) is 0 Å². The summed E-state index contributed by atoms with van der Waals surface area (Å²) in [5, 5.41) is 9.60. The number of hydrogen-bond acceptors (Lipinski definition) is 3. The van der Waals surface area contributed by atoms with Gasteiger partial charge < -0.3 is 9.51 Å². The molecule has 1 aromatic carbocycles. The standard InChI is InChI=1S/C20H21NO4S/c1-3-16(20(22)23)18-14(2)19(17-11-7-8-12-21(17)18)26(24,25)13-15-9-5-4-6-10-15/h4-12,16H,3,13H2,1-2H3,(H,22,23). The van der Waals surface area contributed by atoms with E-state index in [1.807, 2.05) is 6.07 Å². The lowest BCUT2D eigenvalue weighted by Gasteiger charge is -2.12. The van der Waals surface area contributed by atoms with Gasteiger partial charge in [0, 0.05) is 11.9 Å². The maximum atomic E-state index is 13.2. The zero-order chi connectivity index (χ0) is 18.9. The zero-order valence-electron chi connectivity index (χ0n) is 14.7. The van der Waals surface area contributed by atoms with Gasteiger partial charge in [0.25, 0.3) is 0 Å². The largest absolute Gasteiger partial charge is 0.481 e. The van der Waals surface area contributed by atoms with E-state index >= 15 is 0 Å². The topological polar surface area (TPSA) is 75.8 Å². The average molecular weight is 371 g/mol. The van der Waals surface area contributed by atoms with Crippen LogP contribution in [0.15, 0.2) is 59.6 Å². The van der Waals surface area contributed by atoms with Crippen LogP contribution in [0.5, 0.6) is 0 Å². The minimum absolute atomic E-state index is 0.119. The van der Waals surface area contributed by atoms with Crippen molar-refractivity contribution < 1.29 is 18.3 Å². The third kappa shape index (κ3) is 3.12. The number of fused-ring (bicyclic) bond motifs is 1. The van der Waals surface area contributed by atoms with Crippen LogP contribution in [0.2, 0.25) is 0 Å². The van der Waals surface area contributed by atoms with E-state index in [1.54, 1.807) is 66.9 Å². The Hall–Kier alpha value is -2.60. The van der Waals surface area contributed by atoms with E-state index < -0.39 is 21.7 Å². The summed E-state index contributed by atoms with van der Waals surface area (Å²) in [6.07, 6.45) is 2.11. The van der Waals surface area contributed by atoms with Crippen molar-refractivity contribution in [3.63, 3.8) is 0 Å². The number of pyridine rings is 1. The lowest BCUT2D eigenvalue weighted by Crippen LogP contribution is -2.14. The van der Waals surface area contributed by atoms with Crippen molar-refractivity contribution in [1.29, 1.82) is 0 Å². The SMILES string of the molecule is CCC(C(=O)O)c1c(C)c(S(=O)(=O)Cc2ccccc2)c2ccccn12. The molecule has 1 unspecified atom stereocenters. The summed E-state index contributed by atoms with van der Waals surface area (Å²) in [4.78, 5) is 11.9. The molecule has 0 saturated carbocycles. The van der Waals surface area contributed by atoms with Crippen LogP contribution in [0.25, 0.3) is 5.52 Å². The van der Waals surface area contributed by atoms with Gasteiger partial charge in [-0.05, 0) is 36.6 Å². The molecular formula is C20H21NO4S. The molecule has 2 aromatic heterocycles. The Labute approximate surface area is 152 Å². The molecule has 6 heteroatoms. The smallest absolute Gasteiger partial charge is 0.312 e. The molecule has 0 spiro atoms. The Morgan fingerprint density at radius 1 is 1.12 bits per heavy atom. The fourth-order valence-electron chi connectivity index (χ4n) is 3.50. The van der Waals surface area contributed by atoms with E-state index in [1.165, 1.54) is 0 Å². The van der Waals surface area contributed by atoms with Crippen molar-refractivity contribution in [3.05, 3.63) is 71.5 Å². The molecule has 0 radical (unpaired) electrons. The van der Waals surface area contributed by atoms with Gasteiger partial charge in [-0.1, -0.05) is 43.3 Å². The first-order chi connectivity index (χ1) is 12.4. The van der Waals surface area contributed by atoms with Crippen LogP contribution in [0.1, 0.15) is 36.1 Å². The first-order valence-corrected chi connectivity index (χ1v) is 10.1. The van der Waals surface area contributed by atoms with Crippen LogP contribution in [-0.2, 0) is 20.4 Å². The van der Waals surface area contributed by atoms with Crippen molar-refractivity contribution >= 4 is 21.3 Å². The quantitative estimate of drug-likeness (QED) is 0.715. The van der Waals surface area contributed by atoms with Gasteiger partial charge in [-0.15, -0.1) is 0 Å². The minimum Gasteiger partial charge on any atom is -0.481 e. The number of rotatable bonds is 6. The summed E-state index contributed by atoms with van der Waals surface area (Å²) in [6.45, 7) is 3.49. The predicted molar refractivity (Wildman–Crippen MR) is 100 cm³/mol. The predicted octanol–water partition coefficient (Wildman–Crippen LogP) is 3.80. The molecule has 0 fully saturated rings. The number of sulfone groups is 1. The van der Waals surface area contributed by atoms with E-state index in [-0.39, 0.29) is 10.6 Å². The third-order valence-electron chi connectivity index (χ3n) is 4.62. The Morgan fingerprint density at radius 3 is 2.38 bits per heavy atom. The second-order valence-corrected chi connectivity index (χ2v) is 8.27. The van der Waals surface area contributed by atoms with Crippen molar-refractivity contribution in [2.45, 2.75) is 36.8 Å². The van der Waals surface area contributed by atoms with Gasteiger partial charge in [0.05, 0.1) is 22.1 Å². The van der Waals surface area contributed by atoms with Crippen molar-refractivity contribution in [2.75, 3.05) is 0 Å². The summed E-state index contributed by atoms with van der Waals surface area (Å²) in [5.74, 6) is -1.83. The lowest BCUT2D eigenvalue weighted by atomic mass is 10.00. The molecule has 26 heavy (non-hydrogen) atoms. The molecule has 3 aromatic rings. The first-order valence-electron chi connectivity index (χ1n) is 8.45. The molecule has 0 amide bonds. The van der Waals surface area contributed by atoms with E-state index in [9.17, 15) is 18.3 Å². The Morgan fingerprint density at radius 2 is 1.77 bits per heavy atom. The molecule has 0 aliphatic heterocycles. The molecule has 0 aliphatic rings. The maximum absolute atomic E-state index is 13.2. The molecule has 2 heterocycles. The minimum atomic E-state index is -3.63. The number of benzene rings is 1. The Bertz CT molecular complexity index is 1050. The molecule has 1 N–H and O–H groups in total. The normalized spacial score (nSPS) is 13.0. The molecule has 136 valence electrons. The summed E-state index contributed by atoms with van der Waals surface area (Å²) in [7, 11) is -3.63. The van der Waals surface area contributed by atoms with Crippen molar-refractivity contribution in [2.24, 2.45) is 0 Å². The van der Waals surface area contributed by atoms with Crippen LogP contribution in [0, 0.1) is 6.92 Å². The van der Waals surface area contributed by atoms with Gasteiger partial charge >= 0.3 is 5.97 Å². The highest BCUT2D eigenvalue weighted by molar-refractivity contribution is 7.91. The van der Waals surface area contributed by atoms with E-state index in [0.717, 1.165) is 0 Å². The molecule has 1 atom stereocenters. The second-order valence-electron chi connectivity index (χ2n) is 6.34. The molecular weight excluding hydrogens is 350 g/mol. The summed E-state index contributed by atoms with van der Waals surface area (Å²) < 4.78 is 28.0. The van der Waals surface area contributed by atoms with Gasteiger partial charge in [0.2, 0.25) is 0 Å². The Balaban J connectivity index is 2.24. The monoisotopic (exact) mass is 371 g/mol. The van der Waals surface area contributed by atoms with Crippen LogP contribution in [0.4, 0.5) is 0 Å². The molecule has 0 saturated heterocycles. The van der Waals surface area contributed by atoms with Crippen molar-refractivity contribution in [3.8, 4) is 0 Å². The fraction of sp³-hybridized carbons (Fsp3) is 0.250. The summed E-state index contributed by atoms with van der Waals surface area (Å²) in [6, 6.07) is 14.3. The average Bonchev–Trinajstić information content (AvgIpc) is 2.89. The van der Waals surface area contributed by atoms with Crippen LogP contribution >= 0.6 is 0 Å². The maximum Gasteiger partial charge on any atom is 0.312 e. The number of carboxylic acids is 1. The molecule has 0 aliphatic carbocycles. The van der Waals surface area contributed by atoms with E-state index in [0.29, 0.717) is 28.8 Å². The number of nitrogens with zero attached hydrogens (tertiary/aromatic N) is 1. The Kier molecular flexibility index (Phi) is 4.87. The van der Waals surface area contributed by atoms with Crippen molar-refractivity contribution in [1.82, 2.24) is 4.40 Å². The van der Waals surface area contributed by atoms with Crippen LogP contribution < -0.4 is 0 Å². The number of aliphatic carboxylic acids is 1. The van der Waals surface area contributed by atoms with Gasteiger partial charge in [0.15, 0.2) is 9.84 Å². The van der Waals surface area contributed by atoms with E-state index in [4.69, 9.17) is 0 Å². The van der Waals surface area contributed by atoms with E-state index in [2.05, 4.69) is 0 Å². The van der Waals surface area contributed by atoms with Gasteiger partial charge in [-0.25, -0.2) is 8.42 Å². The highest BCUT2D eigenvalue weighted by atomic mass is 32.2. The third-order valence-corrected chi connectivity index (χ3v) is 6.47. The molecule has 5 nitrogen and oxygen atoms in total. The molecule has 0 bridgehead atoms. The number of aromatic nitrogens is 1. The van der Waals surface area contributed by atoms with Gasteiger partial charge in [0.1, 0.15) is 0 Å². The van der Waals surface area contributed by atoms with Gasteiger partial charge in [-0.3, -0.25) is 4.79 Å². The number of hydrogen-bond donors (Lipinski definition) is 1. The molecule has 3 rings (SSSR count). The lowest BCUT2D eigenvalue weighted by molar-refractivity contribution is -0.139. The fourth-order valence-corrected chi connectivity index (χ4v) is 5.33. The highest BCUT2D eigenvalue weighted by Gasteiger charge is 2.31. The number of carbonyl (C=O) groups is 1. The summed E-state index contributed by atoms with van der Waals surface area (Å²) in [5.41, 5.74) is 2.27. The highest BCUT2D eigenvalue weighted by Crippen LogP contribution is 2.35. The first kappa shape index (κ1) is 18.2. The zero-order valence-corrected chi connectivity index (χ0v) is 15.5. The number of carboxylic acid groups (broad SMARTS) is 1.